The van der Waals surface area contributed by atoms with Crippen molar-refractivity contribution in [3.8, 4) is 0 Å². The summed E-state index contributed by atoms with van der Waals surface area (Å²) in [5, 5.41) is 3.00. The van der Waals surface area contributed by atoms with Gasteiger partial charge in [0.1, 0.15) is 5.76 Å². The Morgan fingerprint density at radius 1 is 1.28 bits per heavy atom. The summed E-state index contributed by atoms with van der Waals surface area (Å²) in [6.45, 7) is 7.28. The van der Waals surface area contributed by atoms with E-state index in [9.17, 15) is 13.2 Å². The van der Waals surface area contributed by atoms with Crippen LogP contribution in [0.1, 0.15) is 42.8 Å². The van der Waals surface area contributed by atoms with Gasteiger partial charge in [-0.05, 0) is 68.6 Å². The van der Waals surface area contributed by atoms with Gasteiger partial charge in [0.15, 0.2) is 0 Å². The van der Waals surface area contributed by atoms with Gasteiger partial charge in [0.25, 0.3) is 5.91 Å². The molecule has 158 valence electrons. The van der Waals surface area contributed by atoms with Crippen molar-refractivity contribution in [1.82, 2.24) is 14.9 Å². The number of hydrogen-bond donors (Lipinski definition) is 2. The Bertz CT molecular complexity index is 895. The predicted molar refractivity (Wildman–Crippen MR) is 111 cm³/mol. The molecule has 0 aliphatic carbocycles. The van der Waals surface area contributed by atoms with Crippen LogP contribution in [-0.4, -0.2) is 44.9 Å². The summed E-state index contributed by atoms with van der Waals surface area (Å²) in [6, 6.07) is 9.36. The standard InChI is InChI=1S/C21H29N3O4S/c1-16-5-3-11-24(14-16)15-17(2)23-21(25)18-7-9-20(10-8-18)29(26,27)22-13-19-6-4-12-28-19/h4,6-10,12,16-17,22H,3,5,11,13-15H2,1-2H3,(H,23,25). The van der Waals surface area contributed by atoms with Gasteiger partial charge in [0.05, 0.1) is 17.7 Å². The molecular weight excluding hydrogens is 390 g/mol. The predicted octanol–water partition coefficient (Wildman–Crippen LogP) is 2.61. The Labute approximate surface area is 172 Å². The fourth-order valence-electron chi connectivity index (χ4n) is 3.64. The lowest BCUT2D eigenvalue weighted by Gasteiger charge is -2.32. The number of nitrogens with zero attached hydrogens (tertiary/aromatic N) is 1. The molecule has 3 rings (SSSR count). The lowest BCUT2D eigenvalue weighted by molar-refractivity contribution is 0.0920. The Morgan fingerprint density at radius 3 is 2.69 bits per heavy atom. The van der Waals surface area contributed by atoms with Crippen molar-refractivity contribution >= 4 is 15.9 Å². The van der Waals surface area contributed by atoms with Crippen molar-refractivity contribution in [2.24, 2.45) is 5.92 Å². The minimum absolute atomic E-state index is 0.0196. The highest BCUT2D eigenvalue weighted by Crippen LogP contribution is 2.16. The molecule has 1 fully saturated rings. The van der Waals surface area contributed by atoms with E-state index >= 15 is 0 Å². The van der Waals surface area contributed by atoms with E-state index in [2.05, 4.69) is 21.9 Å². The van der Waals surface area contributed by atoms with E-state index in [1.54, 1.807) is 12.1 Å². The number of amides is 1. The molecule has 1 aromatic carbocycles. The first kappa shape index (κ1) is 21.5. The monoisotopic (exact) mass is 419 g/mol. The van der Waals surface area contributed by atoms with Crippen LogP contribution < -0.4 is 10.0 Å². The van der Waals surface area contributed by atoms with Crippen molar-refractivity contribution in [3.05, 3.63) is 54.0 Å². The van der Waals surface area contributed by atoms with Gasteiger partial charge in [-0.1, -0.05) is 6.92 Å². The highest BCUT2D eigenvalue weighted by molar-refractivity contribution is 7.89. The summed E-state index contributed by atoms with van der Waals surface area (Å²) >= 11 is 0. The van der Waals surface area contributed by atoms with Crippen molar-refractivity contribution in [2.45, 2.75) is 44.2 Å². The van der Waals surface area contributed by atoms with Crippen LogP contribution in [0.25, 0.3) is 0 Å². The zero-order valence-electron chi connectivity index (χ0n) is 16.9. The van der Waals surface area contributed by atoms with Crippen LogP contribution in [0.2, 0.25) is 0 Å². The van der Waals surface area contributed by atoms with E-state index in [0.717, 1.165) is 19.6 Å². The molecule has 1 aromatic heterocycles. The first-order valence-corrected chi connectivity index (χ1v) is 11.5. The topological polar surface area (TPSA) is 91.7 Å². The summed E-state index contributed by atoms with van der Waals surface area (Å²) in [6.07, 6.45) is 3.96. The Kier molecular flexibility index (Phi) is 7.10. The number of rotatable bonds is 8. The number of nitrogens with one attached hydrogen (secondary N) is 2. The molecule has 1 saturated heterocycles. The second-order valence-corrected chi connectivity index (χ2v) is 9.58. The second-order valence-electron chi connectivity index (χ2n) is 7.81. The minimum atomic E-state index is -3.67. The van der Waals surface area contributed by atoms with Crippen molar-refractivity contribution in [3.63, 3.8) is 0 Å². The minimum Gasteiger partial charge on any atom is -0.468 e. The average molecular weight is 420 g/mol. The maximum Gasteiger partial charge on any atom is 0.251 e. The number of furan rings is 1. The first-order chi connectivity index (χ1) is 13.8. The average Bonchev–Trinajstić information content (AvgIpc) is 3.20. The van der Waals surface area contributed by atoms with Gasteiger partial charge in [0, 0.05) is 24.7 Å². The maximum absolute atomic E-state index is 12.5. The molecule has 7 nitrogen and oxygen atoms in total. The highest BCUT2D eigenvalue weighted by Gasteiger charge is 2.20. The number of piperidine rings is 1. The number of carbonyl (C=O) groups excluding carboxylic acids is 1. The van der Waals surface area contributed by atoms with Gasteiger partial charge >= 0.3 is 0 Å². The van der Waals surface area contributed by atoms with Gasteiger partial charge < -0.3 is 14.6 Å². The van der Waals surface area contributed by atoms with Crippen LogP contribution in [0.5, 0.6) is 0 Å². The zero-order valence-corrected chi connectivity index (χ0v) is 17.7. The van der Waals surface area contributed by atoms with Gasteiger partial charge in [-0.2, -0.15) is 0 Å². The number of likely N-dealkylation sites (tertiary alicyclic amines) is 1. The summed E-state index contributed by atoms with van der Waals surface area (Å²) in [4.78, 5) is 15.0. The number of hydrogen-bond acceptors (Lipinski definition) is 5. The fourth-order valence-corrected chi connectivity index (χ4v) is 4.63. The molecule has 8 heteroatoms. The Hall–Kier alpha value is -2.16. The molecule has 2 atom stereocenters. The summed E-state index contributed by atoms with van der Waals surface area (Å²) in [5.41, 5.74) is 0.439. The third-order valence-electron chi connectivity index (χ3n) is 5.09. The fraction of sp³-hybridized carbons (Fsp3) is 0.476. The van der Waals surface area contributed by atoms with E-state index in [0.29, 0.717) is 17.2 Å². The molecular formula is C21H29N3O4S. The lowest BCUT2D eigenvalue weighted by Crippen LogP contribution is -2.45. The molecule has 1 aliphatic heterocycles. The van der Waals surface area contributed by atoms with Crippen LogP contribution >= 0.6 is 0 Å². The Balaban J connectivity index is 1.53. The van der Waals surface area contributed by atoms with E-state index in [4.69, 9.17) is 4.42 Å². The SMILES string of the molecule is CC1CCCN(CC(C)NC(=O)c2ccc(S(=O)(=O)NCc3ccco3)cc2)C1. The normalized spacial score (nSPS) is 19.0. The number of sulfonamides is 1. The molecule has 2 aromatic rings. The molecule has 2 unspecified atom stereocenters. The van der Waals surface area contributed by atoms with Crippen LogP contribution in [0.3, 0.4) is 0 Å². The largest absolute Gasteiger partial charge is 0.468 e. The zero-order chi connectivity index (χ0) is 20.9. The maximum atomic E-state index is 12.5. The molecule has 29 heavy (non-hydrogen) atoms. The van der Waals surface area contributed by atoms with Gasteiger partial charge in [0.2, 0.25) is 10.0 Å². The molecule has 0 radical (unpaired) electrons. The van der Waals surface area contributed by atoms with Crippen molar-refractivity contribution in [1.29, 1.82) is 0 Å². The van der Waals surface area contributed by atoms with Gasteiger partial charge in [-0.25, -0.2) is 13.1 Å². The highest BCUT2D eigenvalue weighted by atomic mass is 32.2. The van der Waals surface area contributed by atoms with Crippen LogP contribution in [0.15, 0.2) is 52.0 Å². The van der Waals surface area contributed by atoms with Crippen molar-refractivity contribution < 1.29 is 17.6 Å². The molecule has 1 amide bonds. The summed E-state index contributed by atoms with van der Waals surface area (Å²) in [7, 11) is -3.67. The summed E-state index contributed by atoms with van der Waals surface area (Å²) in [5.74, 6) is 1.03. The van der Waals surface area contributed by atoms with Crippen LogP contribution in [0, 0.1) is 5.92 Å². The van der Waals surface area contributed by atoms with Crippen molar-refractivity contribution in [2.75, 3.05) is 19.6 Å². The second kappa shape index (κ2) is 9.56. The van der Waals surface area contributed by atoms with E-state index in [1.165, 1.54) is 43.4 Å². The van der Waals surface area contributed by atoms with Crippen LogP contribution in [0.4, 0.5) is 0 Å². The van der Waals surface area contributed by atoms with E-state index in [-0.39, 0.29) is 23.4 Å². The molecule has 0 bridgehead atoms. The van der Waals surface area contributed by atoms with Crippen LogP contribution in [-0.2, 0) is 16.6 Å². The Morgan fingerprint density at radius 2 is 2.03 bits per heavy atom. The molecule has 0 saturated carbocycles. The molecule has 0 spiro atoms. The summed E-state index contributed by atoms with van der Waals surface area (Å²) < 4.78 is 32.4. The van der Waals surface area contributed by atoms with Gasteiger partial charge in [-0.3, -0.25) is 4.79 Å². The third kappa shape index (κ3) is 6.16. The first-order valence-electron chi connectivity index (χ1n) is 9.99. The van der Waals surface area contributed by atoms with Gasteiger partial charge in [-0.15, -0.1) is 0 Å². The van der Waals surface area contributed by atoms with E-state index < -0.39 is 10.0 Å². The quantitative estimate of drug-likeness (QED) is 0.686. The molecule has 2 heterocycles. The van der Waals surface area contributed by atoms with E-state index in [1.807, 2.05) is 6.92 Å². The lowest BCUT2D eigenvalue weighted by atomic mass is 10.00. The molecule has 1 aliphatic rings. The third-order valence-corrected chi connectivity index (χ3v) is 6.51. The number of carbonyl (C=O) groups is 1. The number of benzene rings is 1. The molecule has 2 N–H and O–H groups in total. The smallest absolute Gasteiger partial charge is 0.251 e.